The summed E-state index contributed by atoms with van der Waals surface area (Å²) < 4.78 is 29.9. The molecule has 1 unspecified atom stereocenters. The molecule has 0 radical (unpaired) electrons. The van der Waals surface area contributed by atoms with Gasteiger partial charge in [-0.05, 0) is 23.3 Å². The standard InChI is InChI=1S/C20H21FN4O3/c1-26-18-6-5-14(13-22-18)11-17-23-20(28-24-17)19(25-7-9-27-10-8-25)15-3-2-4-16(21)12-15/h2-6,12-13,19H,7-11H2,1H3. The normalized spacial score (nSPS) is 16.1. The highest BCUT2D eigenvalue weighted by molar-refractivity contribution is 5.26. The van der Waals surface area contributed by atoms with Crippen molar-refractivity contribution in [2.75, 3.05) is 33.4 Å². The van der Waals surface area contributed by atoms with Crippen molar-refractivity contribution in [2.24, 2.45) is 0 Å². The maximum absolute atomic E-state index is 13.8. The summed E-state index contributed by atoms with van der Waals surface area (Å²) in [6.45, 7) is 2.65. The number of aromatic nitrogens is 3. The lowest BCUT2D eigenvalue weighted by Gasteiger charge is -2.32. The van der Waals surface area contributed by atoms with Gasteiger partial charge in [0.25, 0.3) is 0 Å². The molecule has 0 N–H and O–H groups in total. The van der Waals surface area contributed by atoms with E-state index in [0.29, 0.717) is 50.3 Å². The van der Waals surface area contributed by atoms with E-state index >= 15 is 0 Å². The molecule has 0 aliphatic carbocycles. The van der Waals surface area contributed by atoms with Gasteiger partial charge in [0.2, 0.25) is 11.8 Å². The molecule has 3 aromatic rings. The van der Waals surface area contributed by atoms with Crippen LogP contribution in [-0.2, 0) is 11.2 Å². The van der Waals surface area contributed by atoms with Crippen molar-refractivity contribution in [3.63, 3.8) is 0 Å². The minimum Gasteiger partial charge on any atom is -0.481 e. The van der Waals surface area contributed by atoms with E-state index in [-0.39, 0.29) is 11.9 Å². The van der Waals surface area contributed by atoms with Crippen LogP contribution < -0.4 is 4.74 Å². The number of hydrogen-bond donors (Lipinski definition) is 0. The van der Waals surface area contributed by atoms with Crippen molar-refractivity contribution < 1.29 is 18.4 Å². The second-order valence-corrected chi connectivity index (χ2v) is 6.54. The largest absolute Gasteiger partial charge is 0.481 e. The minimum atomic E-state index is -0.310. The molecule has 4 rings (SSSR count). The quantitative estimate of drug-likeness (QED) is 0.647. The third-order valence-corrected chi connectivity index (χ3v) is 4.66. The van der Waals surface area contributed by atoms with Gasteiger partial charge in [-0.3, -0.25) is 4.90 Å². The maximum atomic E-state index is 13.8. The summed E-state index contributed by atoms with van der Waals surface area (Å²) >= 11 is 0. The predicted molar refractivity (Wildman–Crippen MR) is 98.5 cm³/mol. The highest BCUT2D eigenvalue weighted by atomic mass is 19.1. The average molecular weight is 384 g/mol. The molecule has 0 spiro atoms. The molecule has 0 amide bonds. The second-order valence-electron chi connectivity index (χ2n) is 6.54. The highest BCUT2D eigenvalue weighted by Gasteiger charge is 2.29. The molecule has 1 saturated heterocycles. The number of ether oxygens (including phenoxy) is 2. The molecule has 0 saturated carbocycles. The van der Waals surface area contributed by atoms with Gasteiger partial charge < -0.3 is 14.0 Å². The Bertz CT molecular complexity index is 910. The summed E-state index contributed by atoms with van der Waals surface area (Å²) in [5, 5.41) is 4.12. The van der Waals surface area contributed by atoms with Gasteiger partial charge in [0.15, 0.2) is 5.82 Å². The van der Waals surface area contributed by atoms with E-state index in [4.69, 9.17) is 14.0 Å². The predicted octanol–water partition coefficient (Wildman–Crippen LogP) is 2.62. The molecular weight excluding hydrogens is 363 g/mol. The van der Waals surface area contributed by atoms with Crippen LogP contribution in [0.25, 0.3) is 0 Å². The van der Waals surface area contributed by atoms with Crippen LogP contribution in [0.3, 0.4) is 0 Å². The van der Waals surface area contributed by atoms with Gasteiger partial charge in [-0.1, -0.05) is 23.4 Å². The van der Waals surface area contributed by atoms with E-state index in [2.05, 4.69) is 20.0 Å². The Kier molecular flexibility index (Phi) is 5.59. The molecule has 2 aromatic heterocycles. The van der Waals surface area contributed by atoms with Crippen LogP contribution in [0.5, 0.6) is 5.88 Å². The van der Waals surface area contributed by atoms with Crippen molar-refractivity contribution in [3.05, 3.63) is 71.3 Å². The van der Waals surface area contributed by atoms with E-state index in [1.165, 1.54) is 12.1 Å². The van der Waals surface area contributed by atoms with Gasteiger partial charge in [0, 0.05) is 31.8 Å². The lowest BCUT2D eigenvalue weighted by atomic mass is 10.0. The number of methoxy groups -OCH3 is 1. The fourth-order valence-corrected chi connectivity index (χ4v) is 3.29. The minimum absolute atomic E-state index is 0.292. The van der Waals surface area contributed by atoms with E-state index in [1.807, 2.05) is 12.1 Å². The first-order valence-corrected chi connectivity index (χ1v) is 9.11. The zero-order valence-corrected chi connectivity index (χ0v) is 15.5. The van der Waals surface area contributed by atoms with Gasteiger partial charge in [0.1, 0.15) is 11.9 Å². The summed E-state index contributed by atoms with van der Waals surface area (Å²) in [5.41, 5.74) is 1.73. The molecule has 146 valence electrons. The first-order valence-electron chi connectivity index (χ1n) is 9.11. The summed E-state index contributed by atoms with van der Waals surface area (Å²) in [5.74, 6) is 1.26. The molecule has 1 atom stereocenters. The second kappa shape index (κ2) is 8.45. The molecule has 3 heterocycles. The van der Waals surface area contributed by atoms with Gasteiger partial charge in [-0.25, -0.2) is 9.37 Å². The zero-order chi connectivity index (χ0) is 19.3. The number of nitrogens with zero attached hydrogens (tertiary/aromatic N) is 4. The zero-order valence-electron chi connectivity index (χ0n) is 15.5. The molecule has 8 heteroatoms. The van der Waals surface area contributed by atoms with Crippen molar-refractivity contribution >= 4 is 0 Å². The molecule has 1 aromatic carbocycles. The van der Waals surface area contributed by atoms with Gasteiger partial charge in [-0.15, -0.1) is 0 Å². The third-order valence-electron chi connectivity index (χ3n) is 4.66. The molecular formula is C20H21FN4O3. The molecule has 1 aliphatic heterocycles. The van der Waals surface area contributed by atoms with Crippen molar-refractivity contribution in [3.8, 4) is 5.88 Å². The van der Waals surface area contributed by atoms with Crippen molar-refractivity contribution in [1.29, 1.82) is 0 Å². The van der Waals surface area contributed by atoms with E-state index in [1.54, 1.807) is 25.4 Å². The van der Waals surface area contributed by atoms with Crippen LogP contribution in [0.4, 0.5) is 4.39 Å². The van der Waals surface area contributed by atoms with Crippen molar-refractivity contribution in [1.82, 2.24) is 20.0 Å². The summed E-state index contributed by atoms with van der Waals surface area (Å²) in [7, 11) is 1.58. The third kappa shape index (κ3) is 4.18. The van der Waals surface area contributed by atoms with Gasteiger partial charge in [0.05, 0.1) is 20.3 Å². The van der Waals surface area contributed by atoms with Crippen molar-refractivity contribution in [2.45, 2.75) is 12.5 Å². The number of halogens is 1. The van der Waals surface area contributed by atoms with E-state index in [9.17, 15) is 4.39 Å². The van der Waals surface area contributed by atoms with E-state index in [0.717, 1.165) is 11.1 Å². The molecule has 1 aliphatic rings. The molecule has 0 bridgehead atoms. The summed E-state index contributed by atoms with van der Waals surface area (Å²) in [4.78, 5) is 11.0. The Balaban J connectivity index is 1.59. The first kappa shape index (κ1) is 18.5. The lowest BCUT2D eigenvalue weighted by Crippen LogP contribution is -2.39. The lowest BCUT2D eigenvalue weighted by molar-refractivity contribution is 0.0180. The monoisotopic (exact) mass is 384 g/mol. The topological polar surface area (TPSA) is 73.5 Å². The number of pyridine rings is 1. The van der Waals surface area contributed by atoms with Crippen LogP contribution in [-0.4, -0.2) is 53.4 Å². The number of morpholine rings is 1. The van der Waals surface area contributed by atoms with Gasteiger partial charge >= 0.3 is 0 Å². The van der Waals surface area contributed by atoms with Crippen LogP contribution in [0, 0.1) is 5.82 Å². The average Bonchev–Trinajstić information content (AvgIpc) is 3.17. The molecule has 1 fully saturated rings. The highest BCUT2D eigenvalue weighted by Crippen LogP contribution is 2.29. The summed E-state index contributed by atoms with van der Waals surface area (Å²) in [6, 6.07) is 9.90. The Hall–Kier alpha value is -2.84. The van der Waals surface area contributed by atoms with Gasteiger partial charge in [-0.2, -0.15) is 4.98 Å². The Morgan fingerprint density at radius 3 is 2.79 bits per heavy atom. The fourth-order valence-electron chi connectivity index (χ4n) is 3.29. The Morgan fingerprint density at radius 2 is 2.07 bits per heavy atom. The van der Waals surface area contributed by atoms with Crippen LogP contribution in [0.15, 0.2) is 47.1 Å². The molecule has 7 nitrogen and oxygen atoms in total. The SMILES string of the molecule is COc1ccc(Cc2noc(C(c3cccc(F)c3)N3CCOCC3)n2)cn1. The number of hydrogen-bond acceptors (Lipinski definition) is 7. The number of rotatable bonds is 6. The Morgan fingerprint density at radius 1 is 1.21 bits per heavy atom. The number of benzene rings is 1. The molecule has 28 heavy (non-hydrogen) atoms. The van der Waals surface area contributed by atoms with Crippen LogP contribution >= 0.6 is 0 Å². The van der Waals surface area contributed by atoms with Crippen LogP contribution in [0.2, 0.25) is 0 Å². The fraction of sp³-hybridized carbons (Fsp3) is 0.350. The Labute approximate surface area is 162 Å². The first-order chi connectivity index (χ1) is 13.7. The van der Waals surface area contributed by atoms with E-state index < -0.39 is 0 Å². The maximum Gasteiger partial charge on any atom is 0.248 e. The smallest absolute Gasteiger partial charge is 0.248 e. The summed E-state index contributed by atoms with van der Waals surface area (Å²) in [6.07, 6.45) is 2.21. The van der Waals surface area contributed by atoms with Crippen LogP contribution in [0.1, 0.15) is 28.9 Å².